The Morgan fingerprint density at radius 2 is 2.29 bits per heavy atom. The van der Waals surface area contributed by atoms with Gasteiger partial charge in [-0.25, -0.2) is 9.97 Å². The molecule has 1 rings (SSSR count). The quantitative estimate of drug-likeness (QED) is 0.761. The Kier molecular flexibility index (Phi) is 5.11. The SMILES string of the molecule is COCCC(C)(O)CNc1nc(Cl)ncc1C. The number of halogens is 1. The third kappa shape index (κ3) is 4.85. The number of aliphatic hydroxyl groups is 1. The Hall–Kier alpha value is -0.910. The van der Waals surface area contributed by atoms with E-state index in [0.29, 0.717) is 25.4 Å². The van der Waals surface area contributed by atoms with E-state index < -0.39 is 5.60 Å². The van der Waals surface area contributed by atoms with Gasteiger partial charge in [0.05, 0.1) is 5.60 Å². The van der Waals surface area contributed by atoms with Gasteiger partial charge >= 0.3 is 0 Å². The lowest BCUT2D eigenvalue weighted by atomic mass is 10.0. The van der Waals surface area contributed by atoms with Crippen molar-refractivity contribution >= 4 is 17.4 Å². The number of rotatable bonds is 6. The average Bonchev–Trinajstić information content (AvgIpc) is 2.28. The van der Waals surface area contributed by atoms with E-state index in [4.69, 9.17) is 16.3 Å². The molecule has 0 saturated heterocycles. The van der Waals surface area contributed by atoms with E-state index in [2.05, 4.69) is 15.3 Å². The zero-order valence-electron chi connectivity index (χ0n) is 10.3. The van der Waals surface area contributed by atoms with E-state index in [9.17, 15) is 5.11 Å². The van der Waals surface area contributed by atoms with Gasteiger partial charge in [0.1, 0.15) is 5.82 Å². The average molecular weight is 260 g/mol. The largest absolute Gasteiger partial charge is 0.388 e. The summed E-state index contributed by atoms with van der Waals surface area (Å²) >= 11 is 5.71. The van der Waals surface area contributed by atoms with Crippen molar-refractivity contribution in [2.45, 2.75) is 25.9 Å². The van der Waals surface area contributed by atoms with Gasteiger partial charge in [-0.1, -0.05) is 0 Å². The fraction of sp³-hybridized carbons (Fsp3) is 0.636. The summed E-state index contributed by atoms with van der Waals surface area (Å²) in [6.07, 6.45) is 2.19. The van der Waals surface area contributed by atoms with Gasteiger partial charge in [0.15, 0.2) is 0 Å². The van der Waals surface area contributed by atoms with Crippen molar-refractivity contribution < 1.29 is 9.84 Å². The number of anilines is 1. The van der Waals surface area contributed by atoms with Crippen LogP contribution in [-0.2, 0) is 4.74 Å². The predicted molar refractivity (Wildman–Crippen MR) is 67.4 cm³/mol. The molecule has 0 fully saturated rings. The van der Waals surface area contributed by atoms with Gasteiger partial charge < -0.3 is 15.2 Å². The first-order chi connectivity index (χ1) is 7.94. The first-order valence-electron chi connectivity index (χ1n) is 5.39. The van der Waals surface area contributed by atoms with Crippen molar-refractivity contribution in [2.24, 2.45) is 0 Å². The van der Waals surface area contributed by atoms with E-state index in [1.54, 1.807) is 20.2 Å². The second-order valence-corrected chi connectivity index (χ2v) is 4.60. The Bertz CT molecular complexity index is 372. The number of methoxy groups -OCH3 is 1. The van der Waals surface area contributed by atoms with Crippen molar-refractivity contribution in [1.29, 1.82) is 0 Å². The van der Waals surface area contributed by atoms with Crippen LogP contribution in [0.5, 0.6) is 0 Å². The molecule has 0 aromatic carbocycles. The summed E-state index contributed by atoms with van der Waals surface area (Å²) < 4.78 is 4.94. The normalized spacial score (nSPS) is 14.4. The van der Waals surface area contributed by atoms with E-state index in [0.717, 1.165) is 5.56 Å². The number of nitrogens with one attached hydrogen (secondary N) is 1. The molecule has 0 saturated carbocycles. The van der Waals surface area contributed by atoms with Gasteiger partial charge in [-0.05, 0) is 25.4 Å². The van der Waals surface area contributed by atoms with Crippen LogP contribution in [0.25, 0.3) is 0 Å². The van der Waals surface area contributed by atoms with Crippen LogP contribution in [0.3, 0.4) is 0 Å². The van der Waals surface area contributed by atoms with Gasteiger partial charge in [0.2, 0.25) is 5.28 Å². The molecule has 17 heavy (non-hydrogen) atoms. The Morgan fingerprint density at radius 3 is 2.94 bits per heavy atom. The molecule has 0 amide bonds. The summed E-state index contributed by atoms with van der Waals surface area (Å²) in [5, 5.41) is 13.3. The zero-order valence-corrected chi connectivity index (χ0v) is 11.1. The van der Waals surface area contributed by atoms with Crippen LogP contribution in [0.15, 0.2) is 6.20 Å². The predicted octanol–water partition coefficient (Wildman–Crippen LogP) is 1.64. The molecule has 0 aliphatic carbocycles. The molecule has 1 heterocycles. The van der Waals surface area contributed by atoms with Crippen LogP contribution < -0.4 is 5.32 Å². The van der Waals surface area contributed by atoms with Crippen LogP contribution in [0.2, 0.25) is 5.28 Å². The summed E-state index contributed by atoms with van der Waals surface area (Å²) in [6.45, 7) is 4.52. The Labute approximate surface area is 106 Å². The highest BCUT2D eigenvalue weighted by Crippen LogP contribution is 2.15. The van der Waals surface area contributed by atoms with Gasteiger partial charge in [-0.15, -0.1) is 0 Å². The summed E-state index contributed by atoms with van der Waals surface area (Å²) in [7, 11) is 1.61. The minimum atomic E-state index is -0.847. The summed E-state index contributed by atoms with van der Waals surface area (Å²) in [4.78, 5) is 7.92. The van der Waals surface area contributed by atoms with Gasteiger partial charge in [0.25, 0.3) is 0 Å². The van der Waals surface area contributed by atoms with Crippen molar-refractivity contribution in [3.8, 4) is 0 Å². The standard InChI is InChI=1S/C11H18ClN3O2/c1-8-6-13-10(12)15-9(8)14-7-11(2,16)4-5-17-3/h6,16H,4-5,7H2,1-3H3,(H,13,14,15). The molecular formula is C11H18ClN3O2. The first-order valence-corrected chi connectivity index (χ1v) is 5.77. The lowest BCUT2D eigenvalue weighted by molar-refractivity contribution is 0.0357. The Morgan fingerprint density at radius 1 is 1.59 bits per heavy atom. The number of ether oxygens (including phenoxy) is 1. The molecule has 0 bridgehead atoms. The highest BCUT2D eigenvalue weighted by molar-refractivity contribution is 6.28. The number of hydrogen-bond acceptors (Lipinski definition) is 5. The maximum atomic E-state index is 10.0. The molecule has 1 aromatic heterocycles. The second kappa shape index (κ2) is 6.14. The summed E-state index contributed by atoms with van der Waals surface area (Å²) in [6, 6.07) is 0. The number of aryl methyl sites for hydroxylation is 1. The monoisotopic (exact) mass is 259 g/mol. The minimum Gasteiger partial charge on any atom is -0.388 e. The molecule has 1 unspecified atom stereocenters. The van der Waals surface area contributed by atoms with Gasteiger partial charge in [0, 0.05) is 38.4 Å². The molecule has 0 spiro atoms. The number of hydrogen-bond donors (Lipinski definition) is 2. The Balaban J connectivity index is 2.57. The minimum absolute atomic E-state index is 0.189. The maximum Gasteiger partial charge on any atom is 0.224 e. The van der Waals surface area contributed by atoms with Crippen molar-refractivity contribution in [1.82, 2.24) is 9.97 Å². The van der Waals surface area contributed by atoms with E-state index in [1.165, 1.54) is 0 Å². The molecular weight excluding hydrogens is 242 g/mol. The molecule has 6 heteroatoms. The second-order valence-electron chi connectivity index (χ2n) is 4.26. The van der Waals surface area contributed by atoms with Crippen molar-refractivity contribution in [3.05, 3.63) is 17.0 Å². The van der Waals surface area contributed by atoms with Crippen molar-refractivity contribution in [3.63, 3.8) is 0 Å². The van der Waals surface area contributed by atoms with E-state index in [-0.39, 0.29) is 5.28 Å². The molecule has 0 aliphatic rings. The van der Waals surface area contributed by atoms with Crippen LogP contribution >= 0.6 is 11.6 Å². The van der Waals surface area contributed by atoms with Gasteiger partial charge in [-0.3, -0.25) is 0 Å². The molecule has 5 nitrogen and oxygen atoms in total. The highest BCUT2D eigenvalue weighted by Gasteiger charge is 2.20. The molecule has 0 radical (unpaired) electrons. The number of aromatic nitrogens is 2. The molecule has 96 valence electrons. The lowest BCUT2D eigenvalue weighted by Gasteiger charge is -2.23. The zero-order chi connectivity index (χ0) is 12.9. The molecule has 1 atom stereocenters. The van der Waals surface area contributed by atoms with E-state index in [1.807, 2.05) is 6.92 Å². The topological polar surface area (TPSA) is 67.3 Å². The molecule has 2 N–H and O–H groups in total. The van der Waals surface area contributed by atoms with Gasteiger partial charge in [-0.2, -0.15) is 0 Å². The number of nitrogens with zero attached hydrogens (tertiary/aromatic N) is 2. The van der Waals surface area contributed by atoms with E-state index >= 15 is 0 Å². The van der Waals surface area contributed by atoms with Crippen LogP contribution in [0.1, 0.15) is 18.9 Å². The third-order valence-corrected chi connectivity index (χ3v) is 2.61. The third-order valence-electron chi connectivity index (χ3n) is 2.42. The van der Waals surface area contributed by atoms with Crippen LogP contribution in [-0.4, -0.2) is 40.9 Å². The summed E-state index contributed by atoms with van der Waals surface area (Å²) in [5.74, 6) is 0.641. The summed E-state index contributed by atoms with van der Waals surface area (Å²) in [5.41, 5.74) is 0.0387. The molecule has 0 aliphatic heterocycles. The fourth-order valence-corrected chi connectivity index (χ4v) is 1.42. The fourth-order valence-electron chi connectivity index (χ4n) is 1.28. The van der Waals surface area contributed by atoms with Crippen LogP contribution in [0.4, 0.5) is 5.82 Å². The maximum absolute atomic E-state index is 10.0. The van der Waals surface area contributed by atoms with Crippen molar-refractivity contribution in [2.75, 3.05) is 25.6 Å². The van der Waals surface area contributed by atoms with Crippen LogP contribution in [0, 0.1) is 6.92 Å². The highest BCUT2D eigenvalue weighted by atomic mass is 35.5. The smallest absolute Gasteiger partial charge is 0.224 e. The lowest BCUT2D eigenvalue weighted by Crippen LogP contribution is -2.35. The molecule has 1 aromatic rings. The first kappa shape index (κ1) is 14.2.